The molecule has 1 amide bonds. The van der Waals surface area contributed by atoms with Crippen molar-refractivity contribution in [3.05, 3.63) is 48.3 Å². The lowest BCUT2D eigenvalue weighted by molar-refractivity contribution is -0.134. The second-order valence-electron chi connectivity index (χ2n) is 5.17. The first-order valence-electron chi connectivity index (χ1n) is 7.31. The van der Waals surface area contributed by atoms with Crippen molar-refractivity contribution in [2.75, 3.05) is 26.3 Å². The molecule has 2 aromatic rings. The van der Waals surface area contributed by atoms with Crippen molar-refractivity contribution in [3.63, 3.8) is 0 Å². The molecule has 2 heterocycles. The highest BCUT2D eigenvalue weighted by molar-refractivity contribution is 8.00. The third-order valence-electron chi connectivity index (χ3n) is 3.65. The average molecular weight is 317 g/mol. The summed E-state index contributed by atoms with van der Waals surface area (Å²) in [6.45, 7) is 2.53. The lowest BCUT2D eigenvalue weighted by atomic mass is 10.1. The molecular weight excluding hydrogens is 298 g/mol. The van der Waals surface area contributed by atoms with Crippen LogP contribution in [0.2, 0.25) is 0 Å². The van der Waals surface area contributed by atoms with Crippen LogP contribution in [0.3, 0.4) is 0 Å². The minimum absolute atomic E-state index is 0.127. The summed E-state index contributed by atoms with van der Waals surface area (Å²) in [7, 11) is 1.94. The number of thioether (sulfide) groups is 1. The van der Waals surface area contributed by atoms with Crippen LogP contribution in [0.5, 0.6) is 0 Å². The molecule has 1 aromatic carbocycles. The Balaban J connectivity index is 1.85. The number of morpholine rings is 1. The smallest absolute Gasteiger partial charge is 0.240 e. The Morgan fingerprint density at radius 2 is 2.00 bits per heavy atom. The normalized spacial score (nSPS) is 16.5. The van der Waals surface area contributed by atoms with Crippen LogP contribution in [0.25, 0.3) is 0 Å². The Bertz CT molecular complexity index is 623. The first kappa shape index (κ1) is 15.1. The van der Waals surface area contributed by atoms with Crippen LogP contribution in [0.4, 0.5) is 0 Å². The SMILES string of the molecule is Cn1ccnc1S[C@@H](C(=O)N1CCOCC1)c1ccccc1. The highest BCUT2D eigenvalue weighted by Crippen LogP contribution is 2.35. The molecule has 1 saturated heterocycles. The molecule has 1 atom stereocenters. The first-order valence-corrected chi connectivity index (χ1v) is 8.19. The molecule has 6 heteroatoms. The zero-order valence-electron chi connectivity index (χ0n) is 12.5. The number of hydrogen-bond donors (Lipinski definition) is 0. The molecule has 3 rings (SSSR count). The summed E-state index contributed by atoms with van der Waals surface area (Å²) in [6.07, 6.45) is 3.65. The van der Waals surface area contributed by atoms with E-state index in [0.717, 1.165) is 10.7 Å². The van der Waals surface area contributed by atoms with E-state index in [0.29, 0.717) is 26.3 Å². The van der Waals surface area contributed by atoms with Crippen molar-refractivity contribution < 1.29 is 9.53 Å². The fourth-order valence-corrected chi connectivity index (χ4v) is 3.51. The fourth-order valence-electron chi connectivity index (χ4n) is 2.41. The predicted octanol–water partition coefficient (Wildman–Crippen LogP) is 2.11. The van der Waals surface area contributed by atoms with Gasteiger partial charge in [-0.05, 0) is 5.56 Å². The van der Waals surface area contributed by atoms with Crippen LogP contribution in [0, 0.1) is 0 Å². The van der Waals surface area contributed by atoms with Crippen molar-refractivity contribution in [1.29, 1.82) is 0 Å². The molecule has 0 unspecified atom stereocenters. The summed E-state index contributed by atoms with van der Waals surface area (Å²) in [5.74, 6) is 0.127. The van der Waals surface area contributed by atoms with Gasteiger partial charge in [0.2, 0.25) is 5.91 Å². The summed E-state index contributed by atoms with van der Waals surface area (Å²) in [4.78, 5) is 19.2. The van der Waals surface area contributed by atoms with E-state index in [9.17, 15) is 4.79 Å². The van der Waals surface area contributed by atoms with E-state index in [2.05, 4.69) is 4.98 Å². The molecule has 0 spiro atoms. The van der Waals surface area contributed by atoms with Crippen molar-refractivity contribution in [3.8, 4) is 0 Å². The van der Waals surface area contributed by atoms with Crippen LogP contribution < -0.4 is 0 Å². The lowest BCUT2D eigenvalue weighted by Gasteiger charge is -2.30. The number of carbonyl (C=O) groups excluding carboxylic acids is 1. The number of imidazole rings is 1. The Hall–Kier alpha value is -1.79. The largest absolute Gasteiger partial charge is 0.378 e. The van der Waals surface area contributed by atoms with Gasteiger partial charge in [0.15, 0.2) is 5.16 Å². The van der Waals surface area contributed by atoms with Crippen LogP contribution >= 0.6 is 11.8 Å². The molecule has 1 fully saturated rings. The fraction of sp³-hybridized carbons (Fsp3) is 0.375. The van der Waals surface area contributed by atoms with Crippen molar-refractivity contribution in [2.24, 2.45) is 7.05 Å². The maximum absolute atomic E-state index is 12.9. The Morgan fingerprint density at radius 1 is 1.27 bits per heavy atom. The van der Waals surface area contributed by atoms with Gasteiger partial charge in [-0.1, -0.05) is 42.1 Å². The van der Waals surface area contributed by atoms with Gasteiger partial charge in [-0.25, -0.2) is 4.98 Å². The third-order valence-corrected chi connectivity index (χ3v) is 4.96. The van der Waals surface area contributed by atoms with Crippen LogP contribution in [0.1, 0.15) is 10.8 Å². The van der Waals surface area contributed by atoms with Gasteiger partial charge in [0, 0.05) is 32.5 Å². The Kier molecular flexibility index (Phi) is 4.80. The minimum atomic E-state index is -0.277. The van der Waals surface area contributed by atoms with Gasteiger partial charge >= 0.3 is 0 Å². The zero-order valence-corrected chi connectivity index (χ0v) is 13.3. The van der Waals surface area contributed by atoms with E-state index in [4.69, 9.17) is 4.74 Å². The zero-order chi connectivity index (χ0) is 15.4. The van der Waals surface area contributed by atoms with E-state index >= 15 is 0 Å². The quantitative estimate of drug-likeness (QED) is 0.811. The average Bonchev–Trinajstić information content (AvgIpc) is 2.98. The van der Waals surface area contributed by atoms with Gasteiger partial charge in [-0.15, -0.1) is 0 Å². The van der Waals surface area contributed by atoms with Crippen LogP contribution in [-0.2, 0) is 16.6 Å². The van der Waals surface area contributed by atoms with Gasteiger partial charge in [0.25, 0.3) is 0 Å². The van der Waals surface area contributed by atoms with Crippen molar-refractivity contribution in [2.45, 2.75) is 10.4 Å². The monoisotopic (exact) mass is 317 g/mol. The molecule has 5 nitrogen and oxygen atoms in total. The van der Waals surface area contributed by atoms with Crippen molar-refractivity contribution in [1.82, 2.24) is 14.5 Å². The minimum Gasteiger partial charge on any atom is -0.378 e. The topological polar surface area (TPSA) is 47.4 Å². The molecule has 1 aliphatic rings. The second kappa shape index (κ2) is 6.98. The van der Waals surface area contributed by atoms with Crippen LogP contribution in [-0.4, -0.2) is 46.7 Å². The molecule has 0 saturated carbocycles. The van der Waals surface area contributed by atoms with E-state index in [1.807, 2.05) is 53.0 Å². The summed E-state index contributed by atoms with van der Waals surface area (Å²) in [6, 6.07) is 9.89. The number of aryl methyl sites for hydroxylation is 1. The number of benzene rings is 1. The number of hydrogen-bond acceptors (Lipinski definition) is 4. The molecule has 0 radical (unpaired) electrons. The van der Waals surface area contributed by atoms with Gasteiger partial charge in [-0.2, -0.15) is 0 Å². The maximum atomic E-state index is 12.9. The molecule has 1 aromatic heterocycles. The summed E-state index contributed by atoms with van der Waals surface area (Å²) in [5.41, 5.74) is 1.01. The van der Waals surface area contributed by atoms with E-state index in [1.54, 1.807) is 6.20 Å². The molecule has 0 N–H and O–H groups in total. The number of carbonyl (C=O) groups is 1. The number of aromatic nitrogens is 2. The van der Waals surface area contributed by atoms with Gasteiger partial charge < -0.3 is 14.2 Å². The Morgan fingerprint density at radius 3 is 2.64 bits per heavy atom. The van der Waals surface area contributed by atoms with Crippen molar-refractivity contribution >= 4 is 17.7 Å². The Labute approximate surface area is 134 Å². The van der Waals surface area contributed by atoms with E-state index < -0.39 is 0 Å². The summed E-state index contributed by atoms with van der Waals surface area (Å²) in [5, 5.41) is 0.566. The summed E-state index contributed by atoms with van der Waals surface area (Å²) >= 11 is 1.50. The standard InChI is InChI=1S/C16H19N3O2S/c1-18-8-7-17-16(18)22-14(13-5-3-2-4-6-13)15(20)19-9-11-21-12-10-19/h2-8,14H,9-12H2,1H3/t14-/m1/s1. The molecule has 0 aliphatic carbocycles. The second-order valence-corrected chi connectivity index (χ2v) is 6.24. The lowest BCUT2D eigenvalue weighted by Crippen LogP contribution is -2.42. The molecule has 1 aliphatic heterocycles. The molecule has 0 bridgehead atoms. The number of rotatable bonds is 4. The number of amides is 1. The molecule has 22 heavy (non-hydrogen) atoms. The predicted molar refractivity (Wildman–Crippen MR) is 85.6 cm³/mol. The van der Waals surface area contributed by atoms with Gasteiger partial charge in [0.1, 0.15) is 5.25 Å². The van der Waals surface area contributed by atoms with Gasteiger partial charge in [0.05, 0.1) is 13.2 Å². The molecule has 116 valence electrons. The maximum Gasteiger partial charge on any atom is 0.240 e. The first-order chi connectivity index (χ1) is 10.8. The summed E-state index contributed by atoms with van der Waals surface area (Å²) < 4.78 is 7.28. The van der Waals surface area contributed by atoms with E-state index in [-0.39, 0.29) is 11.2 Å². The van der Waals surface area contributed by atoms with Gasteiger partial charge in [-0.3, -0.25) is 4.79 Å². The molecular formula is C16H19N3O2S. The third kappa shape index (κ3) is 3.34. The van der Waals surface area contributed by atoms with E-state index in [1.165, 1.54) is 11.8 Å². The highest BCUT2D eigenvalue weighted by atomic mass is 32.2. The number of nitrogens with zero attached hydrogens (tertiary/aromatic N) is 3. The number of ether oxygens (including phenoxy) is 1. The van der Waals surface area contributed by atoms with Crippen LogP contribution in [0.15, 0.2) is 47.9 Å². The highest BCUT2D eigenvalue weighted by Gasteiger charge is 2.29.